The number of phenolic OH excluding ortho intramolecular Hbond substituents is 3. The van der Waals surface area contributed by atoms with E-state index in [1.165, 1.54) is 11.1 Å². The zero-order chi connectivity index (χ0) is 29.4. The van der Waals surface area contributed by atoms with Crippen molar-refractivity contribution < 1.29 is 30.3 Å². The van der Waals surface area contributed by atoms with Crippen LogP contribution in [-0.2, 0) is 12.8 Å². The predicted octanol–water partition coefficient (Wildman–Crippen LogP) is 6.67. The molecular formula is C34H44O6. The molecule has 40 heavy (non-hydrogen) atoms. The molecular weight excluding hydrogens is 504 g/mol. The van der Waals surface area contributed by atoms with Crippen molar-refractivity contribution in [2.75, 3.05) is 0 Å². The largest absolute Gasteiger partial charge is 0.507 e. The van der Waals surface area contributed by atoms with Crippen molar-refractivity contribution in [1.82, 2.24) is 0 Å². The number of aliphatic hydroxyl groups is 2. The van der Waals surface area contributed by atoms with E-state index in [0.29, 0.717) is 29.7 Å². The molecule has 0 spiro atoms. The van der Waals surface area contributed by atoms with Gasteiger partial charge in [-0.3, -0.25) is 0 Å². The lowest BCUT2D eigenvalue weighted by molar-refractivity contribution is -0.187. The van der Waals surface area contributed by atoms with E-state index in [1.54, 1.807) is 24.3 Å². The van der Waals surface area contributed by atoms with Crippen LogP contribution in [0.15, 0.2) is 47.6 Å². The molecule has 1 fully saturated rings. The molecule has 2 aromatic carbocycles. The molecule has 2 aliphatic rings. The van der Waals surface area contributed by atoms with Gasteiger partial charge in [-0.2, -0.15) is 0 Å². The van der Waals surface area contributed by atoms with Crippen molar-refractivity contribution >= 4 is 12.2 Å². The minimum Gasteiger partial charge on any atom is -0.507 e. The van der Waals surface area contributed by atoms with Crippen LogP contribution in [0.5, 0.6) is 23.0 Å². The first-order chi connectivity index (χ1) is 18.7. The van der Waals surface area contributed by atoms with Crippen molar-refractivity contribution in [2.24, 2.45) is 11.3 Å². The zero-order valence-corrected chi connectivity index (χ0v) is 24.5. The normalized spacial score (nSPS) is 25.7. The van der Waals surface area contributed by atoms with Gasteiger partial charge in [-0.25, -0.2) is 0 Å². The lowest BCUT2D eigenvalue weighted by atomic mass is 9.57. The average Bonchev–Trinajstić information content (AvgIpc) is 2.85. The second-order valence-electron chi connectivity index (χ2n) is 12.7. The molecule has 0 unspecified atom stereocenters. The number of rotatable bonds is 7. The zero-order valence-electron chi connectivity index (χ0n) is 24.5. The first-order valence-corrected chi connectivity index (χ1v) is 14.1. The number of aromatic hydroxyl groups is 3. The predicted molar refractivity (Wildman–Crippen MR) is 160 cm³/mol. The Bertz CT molecular complexity index is 1320. The van der Waals surface area contributed by atoms with Gasteiger partial charge in [0.15, 0.2) is 11.5 Å². The fourth-order valence-corrected chi connectivity index (χ4v) is 6.39. The topological polar surface area (TPSA) is 110 Å². The number of benzene rings is 2. The molecule has 1 aliphatic carbocycles. The molecule has 6 nitrogen and oxygen atoms in total. The molecule has 0 amide bonds. The van der Waals surface area contributed by atoms with Gasteiger partial charge in [-0.05, 0) is 94.3 Å². The molecule has 1 heterocycles. The quantitative estimate of drug-likeness (QED) is 0.195. The van der Waals surface area contributed by atoms with Crippen LogP contribution < -0.4 is 4.74 Å². The maximum absolute atomic E-state index is 10.8. The minimum atomic E-state index is -0.894. The van der Waals surface area contributed by atoms with Crippen molar-refractivity contribution in [1.29, 1.82) is 0 Å². The summed E-state index contributed by atoms with van der Waals surface area (Å²) in [5, 5.41) is 53.3. The van der Waals surface area contributed by atoms with Crippen molar-refractivity contribution in [2.45, 2.75) is 91.5 Å². The first kappa shape index (κ1) is 29.8. The molecule has 216 valence electrons. The highest BCUT2D eigenvalue weighted by Gasteiger charge is 2.58. The van der Waals surface area contributed by atoms with Crippen LogP contribution in [0.3, 0.4) is 0 Å². The van der Waals surface area contributed by atoms with Gasteiger partial charge in [-0.1, -0.05) is 49.3 Å². The first-order valence-electron chi connectivity index (χ1n) is 14.1. The summed E-state index contributed by atoms with van der Waals surface area (Å²) in [5.74, 6) is 0.446. The Hall–Kier alpha value is -3.22. The summed E-state index contributed by atoms with van der Waals surface area (Å²) in [6.07, 6.45) is 9.32. The number of aliphatic hydroxyl groups excluding tert-OH is 2. The van der Waals surface area contributed by atoms with E-state index in [9.17, 15) is 25.5 Å². The van der Waals surface area contributed by atoms with Gasteiger partial charge in [0.1, 0.15) is 17.1 Å². The van der Waals surface area contributed by atoms with Crippen LogP contribution >= 0.6 is 0 Å². The smallest absolute Gasteiger partial charge is 0.164 e. The number of hydrogen-bond donors (Lipinski definition) is 5. The fraction of sp³-hybridized carbons (Fsp3) is 0.471. The highest BCUT2D eigenvalue weighted by atomic mass is 16.5. The Morgan fingerprint density at radius 3 is 2.12 bits per heavy atom. The van der Waals surface area contributed by atoms with Gasteiger partial charge < -0.3 is 30.3 Å². The highest BCUT2D eigenvalue weighted by Crippen LogP contribution is 2.54. The third kappa shape index (κ3) is 6.08. The van der Waals surface area contributed by atoms with Crippen LogP contribution in [0.1, 0.15) is 83.1 Å². The Labute approximate surface area is 238 Å². The molecule has 1 aliphatic heterocycles. The van der Waals surface area contributed by atoms with E-state index in [1.807, 2.05) is 39.0 Å². The van der Waals surface area contributed by atoms with E-state index in [0.717, 1.165) is 24.0 Å². The summed E-state index contributed by atoms with van der Waals surface area (Å²) in [6, 6.07) is 6.83. The summed E-state index contributed by atoms with van der Waals surface area (Å²) in [7, 11) is 0. The van der Waals surface area contributed by atoms with Crippen LogP contribution in [0, 0.1) is 11.3 Å². The van der Waals surface area contributed by atoms with E-state index >= 15 is 0 Å². The Morgan fingerprint density at radius 2 is 1.50 bits per heavy atom. The van der Waals surface area contributed by atoms with Gasteiger partial charge >= 0.3 is 0 Å². The number of phenols is 3. The monoisotopic (exact) mass is 548 g/mol. The Balaban J connectivity index is 1.53. The number of allylic oxidation sites excluding steroid dienone is 4. The van der Waals surface area contributed by atoms with Gasteiger partial charge in [0.25, 0.3) is 0 Å². The van der Waals surface area contributed by atoms with E-state index in [4.69, 9.17) is 4.74 Å². The van der Waals surface area contributed by atoms with Gasteiger partial charge in [-0.15, -0.1) is 0 Å². The minimum absolute atomic E-state index is 0.0167. The van der Waals surface area contributed by atoms with Crippen molar-refractivity contribution in [3.63, 3.8) is 0 Å². The number of hydrogen-bond acceptors (Lipinski definition) is 6. The third-order valence-electron chi connectivity index (χ3n) is 8.74. The maximum atomic E-state index is 10.8. The van der Waals surface area contributed by atoms with E-state index < -0.39 is 23.2 Å². The van der Waals surface area contributed by atoms with Crippen LogP contribution in [0.2, 0.25) is 0 Å². The summed E-state index contributed by atoms with van der Waals surface area (Å²) < 4.78 is 6.32. The molecule has 0 aromatic heterocycles. The van der Waals surface area contributed by atoms with E-state index in [-0.39, 0.29) is 29.6 Å². The number of fused-ring (bicyclic) bond motifs is 2. The molecule has 0 radical (unpaired) electrons. The lowest BCUT2D eigenvalue weighted by Gasteiger charge is -2.56. The summed E-state index contributed by atoms with van der Waals surface area (Å²) in [5.41, 5.74) is 3.92. The van der Waals surface area contributed by atoms with E-state index in [2.05, 4.69) is 26.8 Å². The van der Waals surface area contributed by atoms with Crippen LogP contribution in [-0.4, -0.2) is 43.3 Å². The SMILES string of the molecule is CC(C)=CCC/C(C)=C/Cc1c(O)cc(/C=C/c2cc(O)c3c(c2)C[C@H]2C(C)(C)[C@H](O)[C@H](O)C[C@]2(C)O3)cc1O. The average molecular weight is 549 g/mol. The second kappa shape index (κ2) is 11.3. The molecule has 4 rings (SSSR count). The van der Waals surface area contributed by atoms with Crippen molar-refractivity contribution in [3.8, 4) is 23.0 Å². The molecule has 2 aromatic rings. The molecule has 6 heteroatoms. The molecule has 1 saturated carbocycles. The highest BCUT2D eigenvalue weighted by molar-refractivity contribution is 5.73. The Kier molecular flexibility index (Phi) is 8.44. The van der Waals surface area contributed by atoms with Crippen molar-refractivity contribution in [3.05, 3.63) is 69.8 Å². The third-order valence-corrected chi connectivity index (χ3v) is 8.74. The Morgan fingerprint density at radius 1 is 0.900 bits per heavy atom. The van der Waals surface area contributed by atoms with Crippen LogP contribution in [0.25, 0.3) is 12.2 Å². The molecule has 5 N–H and O–H groups in total. The fourth-order valence-electron chi connectivity index (χ4n) is 6.39. The molecule has 0 bridgehead atoms. The molecule has 4 atom stereocenters. The van der Waals surface area contributed by atoms with Gasteiger partial charge in [0, 0.05) is 23.3 Å². The maximum Gasteiger partial charge on any atom is 0.164 e. The van der Waals surface area contributed by atoms with Crippen LogP contribution in [0.4, 0.5) is 0 Å². The number of ether oxygens (including phenoxy) is 1. The van der Waals surface area contributed by atoms with Gasteiger partial charge in [0.05, 0.1) is 12.2 Å². The standard InChI is InChI=1S/C34H44O6/c1-20(2)8-7-9-21(3)10-13-25-26(35)15-23(16-27(25)36)12-11-22-14-24-18-30-33(4,5)32(39)29(38)19-34(30,6)40-31(24)28(37)17-22/h8,10-12,14-17,29-30,32,35-39H,7,9,13,18-19H2,1-6H3/b12-11+,21-10+/t29-,30+,32-,34+/m1/s1. The second-order valence-corrected chi connectivity index (χ2v) is 12.7. The molecule has 0 saturated heterocycles. The lowest BCUT2D eigenvalue weighted by Crippen LogP contribution is -2.63. The summed E-state index contributed by atoms with van der Waals surface area (Å²) in [6.45, 7) is 12.1. The van der Waals surface area contributed by atoms with Gasteiger partial charge in [0.2, 0.25) is 0 Å². The summed E-state index contributed by atoms with van der Waals surface area (Å²) >= 11 is 0. The summed E-state index contributed by atoms with van der Waals surface area (Å²) in [4.78, 5) is 0.